The van der Waals surface area contributed by atoms with E-state index in [0.717, 1.165) is 29.4 Å². The highest BCUT2D eigenvalue weighted by molar-refractivity contribution is 9.10. The number of nitrogens with one attached hydrogen (secondary N) is 1. The molecule has 0 spiro atoms. The van der Waals surface area contributed by atoms with Crippen molar-refractivity contribution >= 4 is 21.6 Å². The van der Waals surface area contributed by atoms with Crippen LogP contribution in [0.15, 0.2) is 22.7 Å². The standard InChI is InChI=1S/C14H21BrN2O2/c1-4-8-16-10(3)12(5-2)13-7-6-11(15)9-14(13)17(18)19/h6-7,9-10,12,16H,4-5,8H2,1-3H3. The fourth-order valence-electron chi connectivity index (χ4n) is 2.35. The molecule has 1 N–H and O–H groups in total. The van der Waals surface area contributed by atoms with E-state index in [1.54, 1.807) is 6.07 Å². The van der Waals surface area contributed by atoms with Crippen LogP contribution in [0.5, 0.6) is 0 Å². The number of benzene rings is 1. The molecule has 0 bridgehead atoms. The SMILES string of the molecule is CCCNC(C)C(CC)c1ccc(Br)cc1[N+](=O)[O-]. The van der Waals surface area contributed by atoms with Crippen molar-refractivity contribution in [3.8, 4) is 0 Å². The molecule has 0 amide bonds. The van der Waals surface area contributed by atoms with Crippen LogP contribution in [0.2, 0.25) is 0 Å². The predicted molar refractivity (Wildman–Crippen MR) is 81.6 cm³/mol. The highest BCUT2D eigenvalue weighted by atomic mass is 79.9. The van der Waals surface area contributed by atoms with Crippen molar-refractivity contribution in [3.05, 3.63) is 38.3 Å². The highest BCUT2D eigenvalue weighted by Crippen LogP contribution is 2.33. The molecule has 0 saturated heterocycles. The van der Waals surface area contributed by atoms with E-state index < -0.39 is 0 Å². The Balaban J connectivity index is 3.07. The van der Waals surface area contributed by atoms with Crippen molar-refractivity contribution in [1.82, 2.24) is 5.32 Å². The Hall–Kier alpha value is -0.940. The molecular formula is C14H21BrN2O2. The smallest absolute Gasteiger partial charge is 0.274 e. The van der Waals surface area contributed by atoms with E-state index in [1.165, 1.54) is 0 Å². The van der Waals surface area contributed by atoms with E-state index >= 15 is 0 Å². The molecular weight excluding hydrogens is 308 g/mol. The fraction of sp³-hybridized carbons (Fsp3) is 0.571. The lowest BCUT2D eigenvalue weighted by Crippen LogP contribution is -2.32. The summed E-state index contributed by atoms with van der Waals surface area (Å²) in [7, 11) is 0. The Morgan fingerprint density at radius 2 is 2.11 bits per heavy atom. The second kappa shape index (κ2) is 7.60. The minimum atomic E-state index is -0.296. The van der Waals surface area contributed by atoms with Crippen molar-refractivity contribution in [3.63, 3.8) is 0 Å². The van der Waals surface area contributed by atoms with Gasteiger partial charge in [-0.25, -0.2) is 0 Å². The molecule has 2 unspecified atom stereocenters. The summed E-state index contributed by atoms with van der Waals surface area (Å²) in [5.41, 5.74) is 1.01. The Labute approximate surface area is 122 Å². The lowest BCUT2D eigenvalue weighted by molar-refractivity contribution is -0.385. The molecule has 0 aromatic heterocycles. The first kappa shape index (κ1) is 16.1. The van der Waals surface area contributed by atoms with Crippen LogP contribution in [0.1, 0.15) is 45.1 Å². The summed E-state index contributed by atoms with van der Waals surface area (Å²) >= 11 is 3.29. The van der Waals surface area contributed by atoms with Crippen LogP contribution in [-0.4, -0.2) is 17.5 Å². The van der Waals surface area contributed by atoms with Crippen LogP contribution in [0, 0.1) is 10.1 Å². The highest BCUT2D eigenvalue weighted by Gasteiger charge is 2.25. The van der Waals surface area contributed by atoms with Gasteiger partial charge in [0, 0.05) is 28.1 Å². The summed E-state index contributed by atoms with van der Waals surface area (Å²) in [5.74, 6) is 0.153. The zero-order chi connectivity index (χ0) is 14.4. The van der Waals surface area contributed by atoms with Crippen molar-refractivity contribution in [2.24, 2.45) is 0 Å². The predicted octanol–water partition coefficient (Wildman–Crippen LogP) is 4.24. The van der Waals surface area contributed by atoms with Crippen molar-refractivity contribution < 1.29 is 4.92 Å². The van der Waals surface area contributed by atoms with Crippen molar-refractivity contribution in [2.45, 2.75) is 45.6 Å². The van der Waals surface area contributed by atoms with Gasteiger partial charge in [0.05, 0.1) is 4.92 Å². The first-order valence-corrected chi connectivity index (χ1v) is 7.47. The molecule has 0 fully saturated rings. The monoisotopic (exact) mass is 328 g/mol. The molecule has 1 rings (SSSR count). The van der Waals surface area contributed by atoms with E-state index in [-0.39, 0.29) is 22.6 Å². The van der Waals surface area contributed by atoms with Gasteiger partial charge in [0.1, 0.15) is 0 Å². The average molecular weight is 329 g/mol. The van der Waals surface area contributed by atoms with E-state index in [1.807, 2.05) is 12.1 Å². The maximum atomic E-state index is 11.2. The zero-order valence-electron chi connectivity index (χ0n) is 11.6. The molecule has 0 aliphatic rings. The van der Waals surface area contributed by atoms with E-state index in [0.29, 0.717) is 0 Å². The lowest BCUT2D eigenvalue weighted by Gasteiger charge is -2.24. The Bertz CT molecular complexity index is 437. The van der Waals surface area contributed by atoms with Gasteiger partial charge in [-0.15, -0.1) is 0 Å². The van der Waals surface area contributed by atoms with Gasteiger partial charge in [0.25, 0.3) is 5.69 Å². The number of nitro benzene ring substituents is 1. The molecule has 0 radical (unpaired) electrons. The molecule has 0 aliphatic carbocycles. The number of nitro groups is 1. The van der Waals surface area contributed by atoms with Crippen LogP contribution >= 0.6 is 15.9 Å². The first-order valence-electron chi connectivity index (χ1n) is 6.68. The van der Waals surface area contributed by atoms with Gasteiger partial charge >= 0.3 is 0 Å². The van der Waals surface area contributed by atoms with E-state index in [9.17, 15) is 10.1 Å². The first-order chi connectivity index (χ1) is 9.01. The molecule has 1 aromatic carbocycles. The third-order valence-corrected chi connectivity index (χ3v) is 3.84. The number of nitrogens with zero attached hydrogens (tertiary/aromatic N) is 1. The summed E-state index contributed by atoms with van der Waals surface area (Å²) in [6.07, 6.45) is 1.93. The third-order valence-electron chi connectivity index (χ3n) is 3.35. The molecule has 0 aliphatic heterocycles. The van der Waals surface area contributed by atoms with Crippen LogP contribution in [0.3, 0.4) is 0 Å². The molecule has 5 heteroatoms. The molecule has 0 heterocycles. The van der Waals surface area contributed by atoms with Crippen molar-refractivity contribution in [1.29, 1.82) is 0 Å². The summed E-state index contributed by atoms with van der Waals surface area (Å²) in [6, 6.07) is 5.55. The normalized spacial score (nSPS) is 14.1. The van der Waals surface area contributed by atoms with E-state index in [2.05, 4.69) is 42.0 Å². The summed E-state index contributed by atoms with van der Waals surface area (Å²) in [4.78, 5) is 10.9. The molecule has 0 saturated carbocycles. The molecule has 1 aromatic rings. The second-order valence-corrected chi connectivity index (χ2v) is 5.63. The molecule has 106 valence electrons. The zero-order valence-corrected chi connectivity index (χ0v) is 13.2. The number of halogens is 1. The van der Waals surface area contributed by atoms with E-state index in [4.69, 9.17) is 0 Å². The fourth-order valence-corrected chi connectivity index (χ4v) is 2.69. The number of rotatable bonds is 7. The Morgan fingerprint density at radius 3 is 2.63 bits per heavy atom. The molecule has 4 nitrogen and oxygen atoms in total. The summed E-state index contributed by atoms with van der Waals surface area (Å²) in [5, 5.41) is 14.6. The minimum Gasteiger partial charge on any atom is -0.314 e. The Kier molecular flexibility index (Phi) is 6.45. The van der Waals surface area contributed by atoms with Gasteiger partial charge in [-0.2, -0.15) is 0 Å². The number of hydrogen-bond donors (Lipinski definition) is 1. The van der Waals surface area contributed by atoms with Crippen LogP contribution in [0.4, 0.5) is 5.69 Å². The topological polar surface area (TPSA) is 55.2 Å². The third kappa shape index (κ3) is 4.28. The maximum absolute atomic E-state index is 11.2. The van der Waals surface area contributed by atoms with Crippen LogP contribution in [-0.2, 0) is 0 Å². The quantitative estimate of drug-likeness (QED) is 0.601. The van der Waals surface area contributed by atoms with Gasteiger partial charge in [-0.1, -0.05) is 35.8 Å². The van der Waals surface area contributed by atoms with Gasteiger partial charge < -0.3 is 5.32 Å². The Morgan fingerprint density at radius 1 is 1.42 bits per heavy atom. The van der Waals surface area contributed by atoms with Crippen molar-refractivity contribution in [2.75, 3.05) is 6.54 Å². The largest absolute Gasteiger partial charge is 0.314 e. The van der Waals surface area contributed by atoms with Gasteiger partial charge in [0.2, 0.25) is 0 Å². The average Bonchev–Trinajstić information content (AvgIpc) is 2.38. The van der Waals surface area contributed by atoms with Gasteiger partial charge in [-0.05, 0) is 32.4 Å². The second-order valence-electron chi connectivity index (χ2n) is 4.72. The summed E-state index contributed by atoms with van der Waals surface area (Å²) in [6.45, 7) is 7.21. The van der Waals surface area contributed by atoms with Gasteiger partial charge in [-0.3, -0.25) is 10.1 Å². The van der Waals surface area contributed by atoms with Crippen LogP contribution in [0.25, 0.3) is 0 Å². The maximum Gasteiger partial charge on any atom is 0.274 e. The minimum absolute atomic E-state index is 0.153. The molecule has 19 heavy (non-hydrogen) atoms. The number of hydrogen-bond acceptors (Lipinski definition) is 3. The van der Waals surface area contributed by atoms with Crippen LogP contribution < -0.4 is 5.32 Å². The van der Waals surface area contributed by atoms with Gasteiger partial charge in [0.15, 0.2) is 0 Å². The summed E-state index contributed by atoms with van der Waals surface area (Å²) < 4.78 is 0.743. The lowest BCUT2D eigenvalue weighted by atomic mass is 9.89. The molecule has 2 atom stereocenters.